The van der Waals surface area contributed by atoms with Crippen LogP contribution in [0, 0.1) is 5.92 Å². The summed E-state index contributed by atoms with van der Waals surface area (Å²) >= 11 is 0. The summed E-state index contributed by atoms with van der Waals surface area (Å²) in [6, 6.07) is 0. The van der Waals surface area contributed by atoms with E-state index in [-0.39, 0.29) is 36.6 Å². The van der Waals surface area contributed by atoms with Gasteiger partial charge in [-0.25, -0.2) is 0 Å². The van der Waals surface area contributed by atoms with E-state index in [0.717, 1.165) is 0 Å². The zero-order valence-electron chi connectivity index (χ0n) is 10.9. The van der Waals surface area contributed by atoms with Gasteiger partial charge in [0.25, 0.3) is 0 Å². The van der Waals surface area contributed by atoms with Crippen molar-refractivity contribution < 1.29 is 18.0 Å². The number of nitrogens with two attached hydrogens (primary N) is 1. The highest BCUT2D eigenvalue weighted by Crippen LogP contribution is 2.32. The zero-order valence-corrected chi connectivity index (χ0v) is 12.5. The van der Waals surface area contributed by atoms with Gasteiger partial charge in [-0.05, 0) is 31.7 Å². The van der Waals surface area contributed by atoms with Crippen LogP contribution in [0.25, 0.3) is 0 Å². The van der Waals surface area contributed by atoms with E-state index in [9.17, 15) is 18.0 Å². The van der Waals surface area contributed by atoms with Gasteiger partial charge in [0.2, 0.25) is 5.91 Å². The lowest BCUT2D eigenvalue weighted by atomic mass is 10.1. The van der Waals surface area contributed by atoms with Crippen molar-refractivity contribution in [2.75, 3.05) is 26.2 Å². The van der Waals surface area contributed by atoms with Gasteiger partial charge in [-0.3, -0.25) is 9.69 Å². The van der Waals surface area contributed by atoms with Crippen molar-refractivity contribution in [3.05, 3.63) is 0 Å². The molecule has 20 heavy (non-hydrogen) atoms. The number of alkyl halides is 3. The standard InChI is InChI=1S/C11H18F3N3O.2ClH/c12-11(13,14)7-17-4-1-8(6-17)5-16-9(18)10(15)2-3-10;;/h8H,1-7,15H2,(H,16,18);2*1H. The summed E-state index contributed by atoms with van der Waals surface area (Å²) in [6.45, 7) is 0.385. The highest BCUT2D eigenvalue weighted by molar-refractivity contribution is 5.88. The average molecular weight is 338 g/mol. The second-order valence-corrected chi connectivity index (χ2v) is 5.37. The zero-order chi connectivity index (χ0) is 13.4. The van der Waals surface area contributed by atoms with Crippen LogP contribution >= 0.6 is 24.8 Å². The number of likely N-dealkylation sites (tertiary alicyclic amines) is 1. The van der Waals surface area contributed by atoms with Gasteiger partial charge >= 0.3 is 6.18 Å². The van der Waals surface area contributed by atoms with E-state index < -0.39 is 18.3 Å². The maximum absolute atomic E-state index is 12.2. The molecule has 9 heteroatoms. The highest BCUT2D eigenvalue weighted by atomic mass is 35.5. The van der Waals surface area contributed by atoms with Gasteiger partial charge in [0, 0.05) is 13.1 Å². The van der Waals surface area contributed by atoms with Gasteiger partial charge in [-0.2, -0.15) is 13.2 Å². The average Bonchev–Trinajstić information content (AvgIpc) is 2.84. The van der Waals surface area contributed by atoms with E-state index in [0.29, 0.717) is 38.9 Å². The molecule has 1 saturated heterocycles. The van der Waals surface area contributed by atoms with E-state index in [2.05, 4.69) is 5.32 Å². The first-order chi connectivity index (χ1) is 8.28. The molecule has 1 aliphatic carbocycles. The summed E-state index contributed by atoms with van der Waals surface area (Å²) in [4.78, 5) is 12.9. The van der Waals surface area contributed by atoms with Gasteiger partial charge in [0.05, 0.1) is 12.1 Å². The Balaban J connectivity index is 0.00000180. The van der Waals surface area contributed by atoms with Gasteiger partial charge in [0.15, 0.2) is 0 Å². The van der Waals surface area contributed by atoms with Crippen LogP contribution in [-0.2, 0) is 4.79 Å². The minimum atomic E-state index is -4.15. The van der Waals surface area contributed by atoms with Crippen LogP contribution in [0.2, 0.25) is 0 Å². The number of carbonyl (C=O) groups is 1. The van der Waals surface area contributed by atoms with Crippen LogP contribution in [-0.4, -0.2) is 48.7 Å². The van der Waals surface area contributed by atoms with Gasteiger partial charge in [0.1, 0.15) is 0 Å². The summed E-state index contributed by atoms with van der Waals surface area (Å²) in [6.07, 6.45) is -2.06. The quantitative estimate of drug-likeness (QED) is 0.813. The summed E-state index contributed by atoms with van der Waals surface area (Å²) < 4.78 is 36.6. The summed E-state index contributed by atoms with van der Waals surface area (Å²) in [5.41, 5.74) is 5.01. The van der Waals surface area contributed by atoms with Crippen LogP contribution in [0.5, 0.6) is 0 Å². The fourth-order valence-electron chi connectivity index (χ4n) is 2.25. The first kappa shape index (κ1) is 19.8. The van der Waals surface area contributed by atoms with Crippen molar-refractivity contribution >= 4 is 30.7 Å². The molecule has 0 bridgehead atoms. The minimum absolute atomic E-state index is 0. The van der Waals surface area contributed by atoms with Crippen molar-refractivity contribution in [1.82, 2.24) is 10.2 Å². The third-order valence-corrected chi connectivity index (χ3v) is 3.57. The number of rotatable bonds is 4. The fraction of sp³-hybridized carbons (Fsp3) is 0.909. The summed E-state index contributed by atoms with van der Waals surface area (Å²) in [7, 11) is 0. The Morgan fingerprint density at radius 1 is 1.35 bits per heavy atom. The Kier molecular flexibility index (Phi) is 7.07. The molecule has 0 spiro atoms. The van der Waals surface area contributed by atoms with Gasteiger partial charge in [-0.15, -0.1) is 24.8 Å². The Labute approximate surface area is 128 Å². The van der Waals surface area contributed by atoms with Gasteiger partial charge in [-0.1, -0.05) is 0 Å². The molecule has 1 heterocycles. The van der Waals surface area contributed by atoms with E-state index in [4.69, 9.17) is 5.73 Å². The normalized spacial score (nSPS) is 24.5. The third kappa shape index (κ3) is 5.63. The van der Waals surface area contributed by atoms with Crippen LogP contribution in [0.4, 0.5) is 13.2 Å². The van der Waals surface area contributed by atoms with E-state index in [1.54, 1.807) is 0 Å². The van der Waals surface area contributed by atoms with Gasteiger partial charge < -0.3 is 11.1 Å². The molecule has 1 saturated carbocycles. The van der Waals surface area contributed by atoms with Crippen molar-refractivity contribution in [2.45, 2.75) is 31.0 Å². The Bertz CT molecular complexity index is 337. The van der Waals surface area contributed by atoms with Crippen molar-refractivity contribution in [3.8, 4) is 0 Å². The van der Waals surface area contributed by atoms with E-state index in [1.807, 2.05) is 0 Å². The predicted molar refractivity (Wildman–Crippen MR) is 74.3 cm³/mol. The molecule has 0 aromatic rings. The highest BCUT2D eigenvalue weighted by Gasteiger charge is 2.46. The maximum Gasteiger partial charge on any atom is 0.401 e. The SMILES string of the molecule is Cl.Cl.NC1(C(=O)NCC2CCN(CC(F)(F)F)C2)CC1. The molecule has 2 rings (SSSR count). The molecule has 1 atom stereocenters. The number of hydrogen-bond donors (Lipinski definition) is 2. The largest absolute Gasteiger partial charge is 0.401 e. The van der Waals surface area contributed by atoms with Crippen molar-refractivity contribution in [3.63, 3.8) is 0 Å². The molecule has 2 aliphatic rings. The van der Waals surface area contributed by atoms with E-state index in [1.165, 1.54) is 4.90 Å². The van der Waals surface area contributed by atoms with Crippen LogP contribution in [0.15, 0.2) is 0 Å². The molecule has 120 valence electrons. The van der Waals surface area contributed by atoms with Crippen LogP contribution < -0.4 is 11.1 Å². The molecule has 0 radical (unpaired) electrons. The number of amides is 1. The molecule has 1 aliphatic heterocycles. The minimum Gasteiger partial charge on any atom is -0.354 e. The Morgan fingerprint density at radius 2 is 1.95 bits per heavy atom. The molecular weight excluding hydrogens is 318 g/mol. The Morgan fingerprint density at radius 3 is 2.45 bits per heavy atom. The number of nitrogens with zero attached hydrogens (tertiary/aromatic N) is 1. The first-order valence-corrected chi connectivity index (χ1v) is 6.15. The summed E-state index contributed by atoms with van der Waals surface area (Å²) in [5, 5.41) is 2.74. The van der Waals surface area contributed by atoms with Crippen LogP contribution in [0.3, 0.4) is 0 Å². The molecule has 4 nitrogen and oxygen atoms in total. The topological polar surface area (TPSA) is 58.4 Å². The smallest absolute Gasteiger partial charge is 0.354 e. The van der Waals surface area contributed by atoms with Crippen molar-refractivity contribution in [1.29, 1.82) is 0 Å². The number of hydrogen-bond acceptors (Lipinski definition) is 3. The lowest BCUT2D eigenvalue weighted by molar-refractivity contribution is -0.143. The third-order valence-electron chi connectivity index (χ3n) is 3.57. The number of carbonyl (C=O) groups excluding carboxylic acids is 1. The Hall–Kier alpha value is -0.240. The molecular formula is C11H20Cl2F3N3O. The van der Waals surface area contributed by atoms with Crippen molar-refractivity contribution in [2.24, 2.45) is 11.7 Å². The number of halogens is 5. The number of nitrogens with one attached hydrogen (secondary N) is 1. The molecule has 0 aromatic heterocycles. The lowest BCUT2D eigenvalue weighted by Crippen LogP contribution is -2.44. The molecule has 1 unspecified atom stereocenters. The second-order valence-electron chi connectivity index (χ2n) is 5.37. The maximum atomic E-state index is 12.2. The fourth-order valence-corrected chi connectivity index (χ4v) is 2.25. The van der Waals surface area contributed by atoms with Crippen LogP contribution in [0.1, 0.15) is 19.3 Å². The molecule has 2 fully saturated rings. The van der Waals surface area contributed by atoms with E-state index >= 15 is 0 Å². The second kappa shape index (κ2) is 7.15. The first-order valence-electron chi connectivity index (χ1n) is 6.15. The molecule has 1 amide bonds. The lowest BCUT2D eigenvalue weighted by Gasteiger charge is -2.18. The molecule has 3 N–H and O–H groups in total. The predicted octanol–water partition coefficient (Wildman–Crippen LogP) is 1.32. The molecule has 0 aromatic carbocycles. The monoisotopic (exact) mass is 337 g/mol. The summed E-state index contributed by atoms with van der Waals surface area (Å²) in [5.74, 6) is -0.0737.